The molecule has 9 nitrogen and oxygen atoms in total. The van der Waals surface area contributed by atoms with Gasteiger partial charge in [-0.05, 0) is 12.1 Å². The largest absolute Gasteiger partial charge is 0.492 e. The van der Waals surface area contributed by atoms with Gasteiger partial charge in [-0.3, -0.25) is 4.79 Å². The summed E-state index contributed by atoms with van der Waals surface area (Å²) in [4.78, 5) is 28.0. The number of anilines is 3. The number of pyridine rings is 2. The van der Waals surface area contributed by atoms with Crippen molar-refractivity contribution < 1.29 is 19.0 Å². The number of carboxylic acid groups (broad SMARTS) is 1. The molecule has 0 aliphatic carbocycles. The third-order valence-electron chi connectivity index (χ3n) is 4.38. The van der Waals surface area contributed by atoms with Crippen LogP contribution in [0.3, 0.4) is 0 Å². The molecule has 0 saturated carbocycles. The summed E-state index contributed by atoms with van der Waals surface area (Å²) in [5.74, 6) is -1.58. The number of nitrogen functional groups attached to an aromatic ring is 1. The van der Waals surface area contributed by atoms with Gasteiger partial charge in [-0.15, -0.1) is 0 Å². The second kappa shape index (κ2) is 8.05. The van der Waals surface area contributed by atoms with E-state index in [1.54, 1.807) is 18.3 Å². The molecule has 0 amide bonds. The number of ether oxygens (including phenoxy) is 1. The number of fused-ring (bicyclic) bond motifs is 1. The van der Waals surface area contributed by atoms with Crippen LogP contribution in [0.25, 0.3) is 10.9 Å². The molecule has 0 aliphatic rings. The zero-order chi connectivity index (χ0) is 21.1. The standard InChI is InChI=1S/C19H20FN5O4/c1-25-9-10(19(27)28)17(26)12-14(21)13(20)15(18(29-2)16(12)25)24-8-7-23-11-5-3-4-6-22-11/h3-6,9,24H,7-8,21H2,1-2H3,(H,22,23)(H,27,28). The number of methoxy groups -OCH3 is 1. The van der Waals surface area contributed by atoms with E-state index in [9.17, 15) is 19.1 Å². The van der Waals surface area contributed by atoms with E-state index in [0.717, 1.165) is 6.20 Å². The summed E-state index contributed by atoms with van der Waals surface area (Å²) in [5.41, 5.74) is 4.24. The number of halogens is 1. The predicted molar refractivity (Wildman–Crippen MR) is 108 cm³/mol. The van der Waals surface area contributed by atoms with E-state index in [2.05, 4.69) is 15.6 Å². The van der Waals surface area contributed by atoms with Crippen molar-refractivity contribution >= 4 is 34.1 Å². The van der Waals surface area contributed by atoms with Gasteiger partial charge in [-0.2, -0.15) is 0 Å². The molecule has 3 rings (SSSR count). The summed E-state index contributed by atoms with van der Waals surface area (Å²) in [6.07, 6.45) is 2.80. The average molecular weight is 401 g/mol. The summed E-state index contributed by atoms with van der Waals surface area (Å²) in [7, 11) is 2.86. The van der Waals surface area contributed by atoms with E-state index in [-0.39, 0.29) is 22.3 Å². The summed E-state index contributed by atoms with van der Waals surface area (Å²) < 4.78 is 21.7. The van der Waals surface area contributed by atoms with Gasteiger partial charge < -0.3 is 30.8 Å². The molecule has 0 fully saturated rings. The Morgan fingerprint density at radius 1 is 1.34 bits per heavy atom. The van der Waals surface area contributed by atoms with Crippen molar-refractivity contribution in [1.82, 2.24) is 9.55 Å². The monoisotopic (exact) mass is 401 g/mol. The number of nitrogens with one attached hydrogen (secondary N) is 2. The molecule has 0 aliphatic heterocycles. The van der Waals surface area contributed by atoms with Crippen LogP contribution in [0.1, 0.15) is 10.4 Å². The average Bonchev–Trinajstić information content (AvgIpc) is 2.71. The third kappa shape index (κ3) is 3.64. The lowest BCUT2D eigenvalue weighted by Gasteiger charge is -2.19. The Labute approximate surface area is 164 Å². The number of carboxylic acids is 1. The van der Waals surface area contributed by atoms with E-state index in [0.29, 0.717) is 18.9 Å². The minimum absolute atomic E-state index is 0.0154. The fourth-order valence-electron chi connectivity index (χ4n) is 3.08. The Morgan fingerprint density at radius 3 is 2.69 bits per heavy atom. The van der Waals surface area contributed by atoms with Crippen molar-refractivity contribution in [2.45, 2.75) is 0 Å². The molecule has 2 aromatic heterocycles. The fourth-order valence-corrected chi connectivity index (χ4v) is 3.08. The summed E-state index contributed by atoms with van der Waals surface area (Å²) >= 11 is 0. The van der Waals surface area contributed by atoms with Crippen LogP contribution >= 0.6 is 0 Å². The van der Waals surface area contributed by atoms with Crippen molar-refractivity contribution in [3.8, 4) is 5.75 Å². The zero-order valence-corrected chi connectivity index (χ0v) is 15.8. The molecule has 1 aromatic carbocycles. The van der Waals surface area contributed by atoms with E-state index in [1.165, 1.54) is 18.7 Å². The van der Waals surface area contributed by atoms with Gasteiger partial charge in [0.2, 0.25) is 5.43 Å². The molecule has 2 heterocycles. The van der Waals surface area contributed by atoms with Gasteiger partial charge in [0.1, 0.15) is 17.1 Å². The van der Waals surface area contributed by atoms with Crippen LogP contribution in [0.4, 0.5) is 21.6 Å². The first-order valence-electron chi connectivity index (χ1n) is 8.67. The minimum Gasteiger partial charge on any atom is -0.492 e. The molecule has 0 spiro atoms. The smallest absolute Gasteiger partial charge is 0.341 e. The first-order chi connectivity index (χ1) is 13.9. The normalized spacial score (nSPS) is 10.7. The molecule has 0 atom stereocenters. The van der Waals surface area contributed by atoms with Gasteiger partial charge in [0.25, 0.3) is 0 Å². The highest BCUT2D eigenvalue weighted by atomic mass is 19.1. The molecule has 0 bridgehead atoms. The first kappa shape index (κ1) is 19.9. The Morgan fingerprint density at radius 2 is 2.07 bits per heavy atom. The minimum atomic E-state index is -1.42. The number of hydrogen-bond donors (Lipinski definition) is 4. The molecule has 152 valence electrons. The maximum atomic E-state index is 15.0. The van der Waals surface area contributed by atoms with Gasteiger partial charge in [-0.1, -0.05) is 6.07 Å². The second-order valence-electron chi connectivity index (χ2n) is 6.22. The topological polar surface area (TPSA) is 132 Å². The van der Waals surface area contributed by atoms with E-state index < -0.39 is 28.5 Å². The van der Waals surface area contributed by atoms with E-state index in [4.69, 9.17) is 10.5 Å². The van der Waals surface area contributed by atoms with Crippen LogP contribution in [0.5, 0.6) is 5.75 Å². The maximum absolute atomic E-state index is 15.0. The number of nitrogens with zero attached hydrogens (tertiary/aromatic N) is 2. The van der Waals surface area contributed by atoms with Crippen molar-refractivity contribution in [3.63, 3.8) is 0 Å². The highest BCUT2D eigenvalue weighted by Crippen LogP contribution is 2.39. The molecule has 29 heavy (non-hydrogen) atoms. The molecular weight excluding hydrogens is 381 g/mol. The number of rotatable bonds is 7. The van der Waals surface area contributed by atoms with Crippen LogP contribution in [0.15, 0.2) is 35.4 Å². The number of aromatic nitrogens is 2. The van der Waals surface area contributed by atoms with Crippen LogP contribution in [-0.4, -0.2) is 40.8 Å². The molecule has 0 saturated heterocycles. The maximum Gasteiger partial charge on any atom is 0.341 e. The zero-order valence-electron chi connectivity index (χ0n) is 15.8. The number of carbonyl (C=O) groups is 1. The van der Waals surface area contributed by atoms with Gasteiger partial charge in [0.15, 0.2) is 11.6 Å². The van der Waals surface area contributed by atoms with Crippen molar-refractivity contribution in [1.29, 1.82) is 0 Å². The van der Waals surface area contributed by atoms with Crippen LogP contribution in [0, 0.1) is 5.82 Å². The molecule has 3 aromatic rings. The number of aromatic carboxylic acids is 1. The molecule has 0 radical (unpaired) electrons. The van der Waals surface area contributed by atoms with Crippen LogP contribution in [0.2, 0.25) is 0 Å². The summed E-state index contributed by atoms with van der Waals surface area (Å²) in [6.45, 7) is 0.727. The van der Waals surface area contributed by atoms with Crippen molar-refractivity contribution in [2.75, 3.05) is 36.6 Å². The van der Waals surface area contributed by atoms with Gasteiger partial charge in [0.05, 0.1) is 23.7 Å². The molecule has 0 unspecified atom stereocenters. The number of aryl methyl sites for hydroxylation is 1. The fraction of sp³-hybridized carbons (Fsp3) is 0.211. The quantitative estimate of drug-likeness (QED) is 0.349. The second-order valence-corrected chi connectivity index (χ2v) is 6.22. The predicted octanol–water partition coefficient (Wildman–Crippen LogP) is 1.89. The lowest BCUT2D eigenvalue weighted by molar-refractivity contribution is 0.0695. The molecule has 10 heteroatoms. The number of hydrogen-bond acceptors (Lipinski definition) is 7. The SMILES string of the molecule is COc1c(NCCNc2ccccn2)c(F)c(N)c2c(=O)c(C(=O)O)cn(C)c12. The van der Waals surface area contributed by atoms with E-state index >= 15 is 0 Å². The van der Waals surface area contributed by atoms with Crippen molar-refractivity contribution in [3.05, 3.63) is 52.2 Å². The number of nitrogens with two attached hydrogens (primary N) is 1. The summed E-state index contributed by atoms with van der Waals surface area (Å²) in [6, 6.07) is 5.42. The summed E-state index contributed by atoms with van der Waals surface area (Å²) in [5, 5.41) is 15.0. The van der Waals surface area contributed by atoms with Gasteiger partial charge >= 0.3 is 5.97 Å². The van der Waals surface area contributed by atoms with Crippen molar-refractivity contribution in [2.24, 2.45) is 7.05 Å². The Hall–Kier alpha value is -3.82. The Kier molecular flexibility index (Phi) is 5.53. The Balaban J connectivity index is 2.01. The first-order valence-corrected chi connectivity index (χ1v) is 8.67. The highest BCUT2D eigenvalue weighted by Gasteiger charge is 2.25. The highest BCUT2D eigenvalue weighted by molar-refractivity contribution is 6.03. The van der Waals surface area contributed by atoms with E-state index in [1.807, 2.05) is 6.07 Å². The van der Waals surface area contributed by atoms with Gasteiger partial charge in [0, 0.05) is 32.5 Å². The Bertz CT molecular complexity index is 1130. The lowest BCUT2D eigenvalue weighted by atomic mass is 10.1. The molecular formula is C19H20FN5O4. The third-order valence-corrected chi connectivity index (χ3v) is 4.38. The lowest BCUT2D eigenvalue weighted by Crippen LogP contribution is -2.21. The number of benzene rings is 1. The van der Waals surface area contributed by atoms with Crippen LogP contribution < -0.4 is 26.5 Å². The van der Waals surface area contributed by atoms with Crippen LogP contribution in [-0.2, 0) is 7.05 Å². The molecule has 5 N–H and O–H groups in total. The van der Waals surface area contributed by atoms with Gasteiger partial charge in [-0.25, -0.2) is 14.2 Å².